The fraction of sp³-hybridized carbons (Fsp3) is 0.167. The molecule has 0 unspecified atom stereocenters. The van der Waals surface area contributed by atoms with E-state index in [1.807, 2.05) is 51.1 Å². The van der Waals surface area contributed by atoms with Crippen LogP contribution < -0.4 is 14.5 Å². The smallest absolute Gasteiger partial charge is 0.339 e. The average molecular weight is 607 g/mol. The molecule has 9 heteroatoms. The van der Waals surface area contributed by atoms with E-state index in [1.54, 1.807) is 65.6 Å². The van der Waals surface area contributed by atoms with Crippen molar-refractivity contribution in [2.24, 2.45) is 0 Å². The molecule has 4 aromatic carbocycles. The Morgan fingerprint density at radius 1 is 0.600 bits per heavy atom. The number of anilines is 4. The van der Waals surface area contributed by atoms with Gasteiger partial charge >= 0.3 is 11.9 Å². The topological polar surface area (TPSA) is 124 Å². The van der Waals surface area contributed by atoms with Gasteiger partial charge < -0.3 is 14.9 Å². The molecule has 0 aliphatic heterocycles. The first-order chi connectivity index (χ1) is 21.2. The van der Waals surface area contributed by atoms with E-state index in [4.69, 9.17) is 4.74 Å². The Hall–Kier alpha value is -5.70. The minimum atomic E-state index is -1.07. The molecule has 0 fully saturated rings. The van der Waals surface area contributed by atoms with Crippen molar-refractivity contribution in [1.82, 2.24) is 0 Å². The summed E-state index contributed by atoms with van der Waals surface area (Å²) in [5.41, 5.74) is 3.50. The van der Waals surface area contributed by atoms with E-state index >= 15 is 0 Å². The number of aromatic carboxylic acids is 2. The van der Waals surface area contributed by atoms with Gasteiger partial charge in [-0.3, -0.25) is 19.4 Å². The van der Waals surface area contributed by atoms with Crippen molar-refractivity contribution in [2.75, 3.05) is 9.80 Å². The number of carboxylic acids is 2. The standard InChI is InChI=1S/C36H34N2O7/c1-23(39)37(30-17-19-31(20-18-30)38(24(2)40)29-15-11-27(12-16-29)34(41)42)28-13-8-25(9-14-28)6-7-26-10-21-33(45-36(3,4)5)32(22-26)35(43)44/h6-22H,1-5H3,(H,41,42)(H,43,44). The number of nitrogens with zero attached hydrogens (tertiary/aromatic N) is 2. The summed E-state index contributed by atoms with van der Waals surface area (Å²) in [6.07, 6.45) is 3.65. The van der Waals surface area contributed by atoms with Gasteiger partial charge in [-0.15, -0.1) is 0 Å². The molecule has 230 valence electrons. The minimum Gasteiger partial charge on any atom is -0.487 e. The van der Waals surface area contributed by atoms with Gasteiger partial charge in [0.05, 0.1) is 5.56 Å². The lowest BCUT2D eigenvalue weighted by Crippen LogP contribution is -2.24. The van der Waals surface area contributed by atoms with Crippen LogP contribution in [0.15, 0.2) is 91.0 Å². The predicted molar refractivity (Wildman–Crippen MR) is 175 cm³/mol. The molecule has 0 heterocycles. The predicted octanol–water partition coefficient (Wildman–Crippen LogP) is 7.80. The Morgan fingerprint density at radius 2 is 1.00 bits per heavy atom. The lowest BCUT2D eigenvalue weighted by Gasteiger charge is -2.24. The van der Waals surface area contributed by atoms with Crippen molar-refractivity contribution in [3.8, 4) is 5.75 Å². The molecule has 0 aliphatic rings. The van der Waals surface area contributed by atoms with Gasteiger partial charge in [-0.25, -0.2) is 9.59 Å². The summed E-state index contributed by atoms with van der Waals surface area (Å²) < 4.78 is 5.79. The van der Waals surface area contributed by atoms with Crippen LogP contribution in [0.25, 0.3) is 12.2 Å². The molecule has 0 spiro atoms. The van der Waals surface area contributed by atoms with Gasteiger partial charge in [0, 0.05) is 36.6 Å². The summed E-state index contributed by atoms with van der Waals surface area (Å²) in [6.45, 7) is 8.44. The normalized spacial score (nSPS) is 11.2. The largest absolute Gasteiger partial charge is 0.487 e. The van der Waals surface area contributed by atoms with Gasteiger partial charge in [0.25, 0.3) is 0 Å². The molecule has 0 aliphatic carbocycles. The van der Waals surface area contributed by atoms with Crippen LogP contribution in [0.4, 0.5) is 22.7 Å². The highest BCUT2D eigenvalue weighted by Crippen LogP contribution is 2.32. The molecule has 0 saturated carbocycles. The molecule has 0 bridgehead atoms. The average Bonchev–Trinajstić information content (AvgIpc) is 2.97. The second-order valence-corrected chi connectivity index (χ2v) is 11.3. The number of carbonyl (C=O) groups excluding carboxylic acids is 2. The van der Waals surface area contributed by atoms with E-state index in [2.05, 4.69) is 0 Å². The van der Waals surface area contributed by atoms with Crippen LogP contribution in [0.3, 0.4) is 0 Å². The first-order valence-electron chi connectivity index (χ1n) is 14.1. The minimum absolute atomic E-state index is 0.0769. The second-order valence-electron chi connectivity index (χ2n) is 11.3. The second kappa shape index (κ2) is 13.3. The molecule has 45 heavy (non-hydrogen) atoms. The van der Waals surface area contributed by atoms with E-state index in [-0.39, 0.29) is 22.9 Å². The molecule has 0 aromatic heterocycles. The Kier molecular flexibility index (Phi) is 9.52. The Balaban J connectivity index is 1.54. The first-order valence-corrected chi connectivity index (χ1v) is 14.1. The zero-order valence-electron chi connectivity index (χ0n) is 25.6. The molecule has 0 radical (unpaired) electrons. The van der Waals surface area contributed by atoms with E-state index < -0.39 is 17.5 Å². The van der Waals surface area contributed by atoms with Crippen molar-refractivity contribution in [3.05, 3.63) is 113 Å². The summed E-state index contributed by atoms with van der Waals surface area (Å²) in [5.74, 6) is -2.30. The van der Waals surface area contributed by atoms with Crippen molar-refractivity contribution < 1.29 is 34.1 Å². The molecular weight excluding hydrogens is 572 g/mol. The number of ether oxygens (including phenoxy) is 1. The highest BCUT2D eigenvalue weighted by Gasteiger charge is 2.20. The summed E-state index contributed by atoms with van der Waals surface area (Å²) in [7, 11) is 0. The maximum Gasteiger partial charge on any atom is 0.339 e. The number of amides is 2. The number of carbonyl (C=O) groups is 4. The van der Waals surface area contributed by atoms with Gasteiger partial charge in [-0.05, 0) is 105 Å². The molecule has 4 aromatic rings. The first kappa shape index (κ1) is 32.2. The molecule has 0 saturated heterocycles. The van der Waals surface area contributed by atoms with Crippen LogP contribution in [0.2, 0.25) is 0 Å². The Labute approximate surface area is 261 Å². The quantitative estimate of drug-likeness (QED) is 0.186. The molecule has 0 atom stereocenters. The third-order valence-corrected chi connectivity index (χ3v) is 6.64. The number of rotatable bonds is 9. The van der Waals surface area contributed by atoms with Gasteiger partial charge in [0.2, 0.25) is 11.8 Å². The van der Waals surface area contributed by atoms with E-state index in [0.29, 0.717) is 34.1 Å². The van der Waals surface area contributed by atoms with Crippen LogP contribution in [-0.2, 0) is 9.59 Å². The van der Waals surface area contributed by atoms with E-state index in [9.17, 15) is 29.4 Å². The number of hydrogen-bond donors (Lipinski definition) is 2. The monoisotopic (exact) mass is 606 g/mol. The van der Waals surface area contributed by atoms with Gasteiger partial charge in [-0.2, -0.15) is 0 Å². The fourth-order valence-corrected chi connectivity index (χ4v) is 4.69. The summed E-state index contributed by atoms with van der Waals surface area (Å²) >= 11 is 0. The van der Waals surface area contributed by atoms with Crippen LogP contribution in [-0.4, -0.2) is 39.6 Å². The SMILES string of the molecule is CC(=O)N(c1ccc(C=Cc2ccc(OC(C)(C)C)c(C(=O)O)c2)cc1)c1ccc(N(C(C)=O)c2ccc(C(=O)O)cc2)cc1. The maximum absolute atomic E-state index is 12.7. The van der Waals surface area contributed by atoms with Crippen molar-refractivity contribution >= 4 is 58.7 Å². The highest BCUT2D eigenvalue weighted by atomic mass is 16.5. The molecule has 9 nitrogen and oxygen atoms in total. The maximum atomic E-state index is 12.7. The van der Waals surface area contributed by atoms with Crippen molar-refractivity contribution in [3.63, 3.8) is 0 Å². The van der Waals surface area contributed by atoms with Crippen molar-refractivity contribution in [1.29, 1.82) is 0 Å². The van der Waals surface area contributed by atoms with Gasteiger partial charge in [0.1, 0.15) is 16.9 Å². The third-order valence-electron chi connectivity index (χ3n) is 6.64. The summed E-state index contributed by atoms with van der Waals surface area (Å²) in [5, 5.41) is 18.8. The molecule has 2 N–H and O–H groups in total. The Morgan fingerprint density at radius 3 is 1.40 bits per heavy atom. The lowest BCUT2D eigenvalue weighted by atomic mass is 10.1. The number of carboxylic acid groups (broad SMARTS) is 2. The van der Waals surface area contributed by atoms with Crippen LogP contribution in [0.1, 0.15) is 66.5 Å². The molecular formula is C36H34N2O7. The lowest BCUT2D eigenvalue weighted by molar-refractivity contribution is -0.116. The summed E-state index contributed by atoms with van der Waals surface area (Å²) in [4.78, 5) is 51.3. The Bertz CT molecular complexity index is 1750. The summed E-state index contributed by atoms with van der Waals surface area (Å²) in [6, 6.07) is 25.2. The fourth-order valence-electron chi connectivity index (χ4n) is 4.69. The zero-order chi connectivity index (χ0) is 32.9. The van der Waals surface area contributed by atoms with E-state index in [0.717, 1.165) is 5.56 Å². The van der Waals surface area contributed by atoms with Gasteiger partial charge in [0.15, 0.2) is 0 Å². The zero-order valence-corrected chi connectivity index (χ0v) is 25.6. The van der Waals surface area contributed by atoms with Gasteiger partial charge in [-0.1, -0.05) is 30.4 Å². The molecule has 2 amide bonds. The van der Waals surface area contributed by atoms with E-state index in [1.165, 1.54) is 30.9 Å². The number of hydrogen-bond acceptors (Lipinski definition) is 5. The molecule has 4 rings (SSSR count). The number of benzene rings is 4. The van der Waals surface area contributed by atoms with Crippen LogP contribution in [0.5, 0.6) is 5.75 Å². The third kappa shape index (κ3) is 8.03. The van der Waals surface area contributed by atoms with Crippen molar-refractivity contribution in [2.45, 2.75) is 40.2 Å². The highest BCUT2D eigenvalue weighted by molar-refractivity contribution is 6.02. The van der Waals surface area contributed by atoms with Crippen LogP contribution in [0, 0.1) is 0 Å². The van der Waals surface area contributed by atoms with Crippen LogP contribution >= 0.6 is 0 Å².